The largest absolute Gasteiger partial charge is 0.573 e. The van der Waals surface area contributed by atoms with Gasteiger partial charge in [-0.1, -0.05) is 26.0 Å². The van der Waals surface area contributed by atoms with Crippen LogP contribution in [-0.4, -0.2) is 47.9 Å². The Morgan fingerprint density at radius 3 is 1.74 bits per heavy atom. The number of carbonyl (C=O) groups excluding carboxylic acids is 2. The van der Waals surface area contributed by atoms with Crippen LogP contribution in [0.3, 0.4) is 0 Å². The quantitative estimate of drug-likeness (QED) is 0.156. The highest BCUT2D eigenvalue weighted by molar-refractivity contribution is 6.24. The zero-order valence-electron chi connectivity index (χ0n) is 25.4. The van der Waals surface area contributed by atoms with Crippen LogP contribution in [0, 0.1) is 0 Å². The van der Waals surface area contributed by atoms with Gasteiger partial charge in [-0.25, -0.2) is 9.69 Å². The summed E-state index contributed by atoms with van der Waals surface area (Å²) in [4.78, 5) is 38.9. The van der Waals surface area contributed by atoms with Crippen molar-refractivity contribution in [2.45, 2.75) is 37.6 Å². The molecule has 2 unspecified atom stereocenters. The minimum absolute atomic E-state index is 0.101. The van der Waals surface area contributed by atoms with Gasteiger partial charge in [0.05, 0.1) is 16.7 Å². The summed E-state index contributed by atoms with van der Waals surface area (Å²) >= 11 is 0. The minimum Gasteiger partial charge on any atom is -0.406 e. The van der Waals surface area contributed by atoms with Gasteiger partial charge in [0.2, 0.25) is 0 Å². The van der Waals surface area contributed by atoms with Gasteiger partial charge in [-0.2, -0.15) is 0 Å². The number of nitrogens with one attached hydrogen (secondary N) is 3. The van der Waals surface area contributed by atoms with Gasteiger partial charge in [0.25, 0.3) is 5.91 Å². The van der Waals surface area contributed by atoms with E-state index in [1.807, 2.05) is 62.4 Å². The van der Waals surface area contributed by atoms with Gasteiger partial charge in [-0.3, -0.25) is 14.8 Å². The van der Waals surface area contributed by atoms with Crippen molar-refractivity contribution in [3.05, 3.63) is 96.3 Å². The zero-order valence-corrected chi connectivity index (χ0v) is 25.4. The number of hydrogen-bond donors (Lipinski definition) is 3. The molecule has 1 aliphatic rings. The molecule has 3 amide bonds. The third kappa shape index (κ3) is 4.99. The third-order valence-corrected chi connectivity index (χ3v) is 8.84. The summed E-state index contributed by atoms with van der Waals surface area (Å²) in [6, 6.07) is 19.0. The summed E-state index contributed by atoms with van der Waals surface area (Å²) in [5, 5.41) is 11.1. The van der Waals surface area contributed by atoms with Crippen molar-refractivity contribution < 1.29 is 27.5 Å². The second-order valence-corrected chi connectivity index (χ2v) is 11.1. The molecule has 1 aliphatic heterocycles. The number of hydrogen-bond acceptors (Lipinski definition) is 7. The molecule has 6 rings (SSSR count). The second kappa shape index (κ2) is 11.5. The molecular formula is C34H31F3N6O3. The molecule has 1 fully saturated rings. The maximum atomic E-state index is 14.9. The van der Waals surface area contributed by atoms with Crippen molar-refractivity contribution in [3.8, 4) is 5.75 Å². The molecule has 0 spiro atoms. The summed E-state index contributed by atoms with van der Waals surface area (Å²) in [7, 11) is 3.60. The SMILES string of the molecule is CNc1cccc2nccc(C(C)C3(C(C)c4ccnc5cccc(NC)c45)NC(=O)N(c4ccc(OC(F)(F)F)cc4)C3=O)c12. The Morgan fingerprint density at radius 2 is 1.28 bits per heavy atom. The Balaban J connectivity index is 1.56. The van der Waals surface area contributed by atoms with Gasteiger partial charge in [-0.15, -0.1) is 13.2 Å². The Bertz CT molecular complexity index is 1860. The van der Waals surface area contributed by atoms with Crippen molar-refractivity contribution in [2.75, 3.05) is 29.6 Å². The minimum atomic E-state index is -4.89. The maximum absolute atomic E-state index is 14.9. The summed E-state index contributed by atoms with van der Waals surface area (Å²) < 4.78 is 42.5. The average molecular weight is 629 g/mol. The lowest BCUT2D eigenvalue weighted by Gasteiger charge is -2.39. The van der Waals surface area contributed by atoms with Crippen LogP contribution in [0.1, 0.15) is 36.8 Å². The second-order valence-electron chi connectivity index (χ2n) is 11.1. The molecule has 0 saturated carbocycles. The van der Waals surface area contributed by atoms with E-state index in [0.717, 1.165) is 50.3 Å². The number of benzene rings is 3. The molecule has 0 bridgehead atoms. The van der Waals surface area contributed by atoms with Crippen molar-refractivity contribution in [1.82, 2.24) is 15.3 Å². The number of halogens is 3. The van der Waals surface area contributed by atoms with Crippen LogP contribution < -0.4 is 25.6 Å². The number of alkyl halides is 3. The molecule has 0 radical (unpaired) electrons. The molecule has 236 valence electrons. The Hall–Kier alpha value is -5.39. The number of urea groups is 1. The molecule has 5 aromatic rings. The first-order chi connectivity index (χ1) is 22.0. The lowest BCUT2D eigenvalue weighted by atomic mass is 9.68. The predicted octanol–water partition coefficient (Wildman–Crippen LogP) is 7.17. The smallest absolute Gasteiger partial charge is 0.406 e. The highest BCUT2D eigenvalue weighted by atomic mass is 19.4. The number of carbonyl (C=O) groups is 2. The Kier molecular flexibility index (Phi) is 7.67. The first-order valence-electron chi connectivity index (χ1n) is 14.6. The molecule has 2 atom stereocenters. The zero-order chi connectivity index (χ0) is 32.8. The standard InChI is InChI=1S/C34H31F3N6O3/c1-19(23-15-17-40-27-9-5-7-25(38-3)29(23)27)33(20(2)24-16-18-41-28-10-6-8-26(39-4)30(24)28)31(44)43(32(45)42-33)21-11-13-22(14-12-21)46-34(35,36)37/h5-20,38-39H,1-4H3,(H,42,45). The van der Waals surface area contributed by atoms with Gasteiger partial charge < -0.3 is 20.7 Å². The fourth-order valence-corrected chi connectivity index (χ4v) is 6.65. The van der Waals surface area contributed by atoms with E-state index in [1.165, 1.54) is 12.1 Å². The van der Waals surface area contributed by atoms with Gasteiger partial charge in [0.1, 0.15) is 11.3 Å². The number of aromatic nitrogens is 2. The molecule has 3 N–H and O–H groups in total. The number of rotatable bonds is 8. The topological polar surface area (TPSA) is 108 Å². The van der Waals surface area contributed by atoms with E-state index in [4.69, 9.17) is 0 Å². The molecule has 1 saturated heterocycles. The van der Waals surface area contributed by atoms with E-state index in [-0.39, 0.29) is 5.69 Å². The van der Waals surface area contributed by atoms with Crippen LogP contribution >= 0.6 is 0 Å². The highest BCUT2D eigenvalue weighted by Crippen LogP contribution is 2.48. The molecule has 2 aromatic heterocycles. The van der Waals surface area contributed by atoms with E-state index in [1.54, 1.807) is 26.5 Å². The number of amides is 3. The molecule has 3 aromatic carbocycles. The molecular weight excluding hydrogens is 597 g/mol. The van der Waals surface area contributed by atoms with Crippen molar-refractivity contribution in [2.24, 2.45) is 0 Å². The predicted molar refractivity (Wildman–Crippen MR) is 171 cm³/mol. The summed E-state index contributed by atoms with van der Waals surface area (Å²) in [5.74, 6) is -2.27. The van der Waals surface area contributed by atoms with Gasteiger partial charge >= 0.3 is 12.4 Å². The monoisotopic (exact) mass is 628 g/mol. The molecule has 9 nitrogen and oxygen atoms in total. The van der Waals surface area contributed by atoms with E-state index in [2.05, 4.69) is 30.7 Å². The number of imide groups is 1. The van der Waals surface area contributed by atoms with Crippen LogP contribution in [0.15, 0.2) is 85.2 Å². The van der Waals surface area contributed by atoms with Crippen LogP contribution in [0.4, 0.5) is 35.0 Å². The first kappa shape index (κ1) is 30.6. The third-order valence-electron chi connectivity index (χ3n) is 8.84. The van der Waals surface area contributed by atoms with Crippen LogP contribution in [0.2, 0.25) is 0 Å². The number of pyridine rings is 2. The lowest BCUT2D eigenvalue weighted by molar-refractivity contribution is -0.274. The summed E-state index contributed by atoms with van der Waals surface area (Å²) in [6.07, 6.45) is -1.54. The molecule has 3 heterocycles. The average Bonchev–Trinajstić information content (AvgIpc) is 3.32. The van der Waals surface area contributed by atoms with E-state index >= 15 is 0 Å². The highest BCUT2D eigenvalue weighted by Gasteiger charge is 2.59. The first-order valence-corrected chi connectivity index (χ1v) is 14.6. The Morgan fingerprint density at radius 1 is 0.783 bits per heavy atom. The van der Waals surface area contributed by atoms with E-state index in [9.17, 15) is 22.8 Å². The number of nitrogens with zero attached hydrogens (tertiary/aromatic N) is 3. The number of ether oxygens (including phenoxy) is 1. The Labute approximate surface area is 262 Å². The van der Waals surface area contributed by atoms with E-state index in [0.29, 0.717) is 11.0 Å². The molecule has 12 heteroatoms. The van der Waals surface area contributed by atoms with Crippen LogP contribution in [-0.2, 0) is 4.79 Å². The van der Waals surface area contributed by atoms with Crippen molar-refractivity contribution in [1.29, 1.82) is 0 Å². The van der Waals surface area contributed by atoms with Crippen molar-refractivity contribution >= 4 is 50.8 Å². The van der Waals surface area contributed by atoms with Gasteiger partial charge in [0, 0.05) is 60.5 Å². The number of anilines is 3. The van der Waals surface area contributed by atoms with Crippen molar-refractivity contribution in [3.63, 3.8) is 0 Å². The van der Waals surface area contributed by atoms with Crippen LogP contribution in [0.5, 0.6) is 5.75 Å². The normalized spacial score (nSPS) is 18.0. The summed E-state index contributed by atoms with van der Waals surface area (Å²) in [5.41, 5.74) is 3.12. The van der Waals surface area contributed by atoms with E-state index < -0.39 is 41.4 Å². The molecule has 46 heavy (non-hydrogen) atoms. The maximum Gasteiger partial charge on any atom is 0.573 e. The lowest BCUT2D eigenvalue weighted by Crippen LogP contribution is -2.55. The van der Waals surface area contributed by atoms with Crippen LogP contribution in [0.25, 0.3) is 21.8 Å². The summed E-state index contributed by atoms with van der Waals surface area (Å²) in [6.45, 7) is 3.78. The number of fused-ring (bicyclic) bond motifs is 2. The fraction of sp³-hybridized carbons (Fsp3) is 0.235. The van der Waals surface area contributed by atoms with Gasteiger partial charge in [0.15, 0.2) is 0 Å². The van der Waals surface area contributed by atoms with Gasteiger partial charge in [-0.05, 0) is 71.8 Å². The fourth-order valence-electron chi connectivity index (χ4n) is 6.65. The molecule has 0 aliphatic carbocycles.